The van der Waals surface area contributed by atoms with Crippen LogP contribution in [0.1, 0.15) is 73.1 Å². The highest BCUT2D eigenvalue weighted by atomic mass is 16.3. The van der Waals surface area contributed by atoms with E-state index in [2.05, 4.69) is 39.8 Å². The van der Waals surface area contributed by atoms with E-state index in [-0.39, 0.29) is 23.4 Å². The van der Waals surface area contributed by atoms with Crippen molar-refractivity contribution in [3.63, 3.8) is 0 Å². The van der Waals surface area contributed by atoms with Gasteiger partial charge in [-0.05, 0) is 75.2 Å². The largest absolute Gasteiger partial charge is 0.389 e. The van der Waals surface area contributed by atoms with Crippen LogP contribution >= 0.6 is 0 Å². The van der Waals surface area contributed by atoms with Gasteiger partial charge in [0.1, 0.15) is 0 Å². The molecule has 1 fully saturated rings. The number of rotatable bonds is 1. The fourth-order valence-corrected chi connectivity index (χ4v) is 4.40. The minimum Gasteiger partial charge on any atom is -0.389 e. The maximum atomic E-state index is 11.3. The van der Waals surface area contributed by atoms with Crippen LogP contribution in [0.15, 0.2) is 23.3 Å². The lowest BCUT2D eigenvalue weighted by atomic mass is 9.68. The van der Waals surface area contributed by atoms with Gasteiger partial charge in [-0.3, -0.25) is 0 Å². The molecule has 2 aliphatic rings. The molecule has 0 aromatic rings. The SMILES string of the molecule is C/C1=C/C[C@@H]2[C@@](C)(C/C=C(\C)CC[C@@H]1O)CC[C@@]2(O)C(C)C. The first-order valence-electron chi connectivity index (χ1n) is 8.92. The molecule has 126 valence electrons. The maximum absolute atomic E-state index is 11.3. The third-order valence-electron chi connectivity index (χ3n) is 6.47. The Kier molecular flexibility index (Phi) is 5.23. The lowest BCUT2D eigenvalue weighted by Gasteiger charge is -2.40. The highest BCUT2D eigenvalue weighted by Crippen LogP contribution is 2.56. The van der Waals surface area contributed by atoms with Crippen LogP contribution in [-0.4, -0.2) is 21.9 Å². The quantitative estimate of drug-likeness (QED) is 0.694. The topological polar surface area (TPSA) is 40.5 Å². The zero-order valence-electron chi connectivity index (χ0n) is 15.0. The van der Waals surface area contributed by atoms with Crippen molar-refractivity contribution in [3.8, 4) is 0 Å². The summed E-state index contributed by atoms with van der Waals surface area (Å²) in [4.78, 5) is 0. The van der Waals surface area contributed by atoms with Gasteiger partial charge in [-0.2, -0.15) is 0 Å². The Labute approximate surface area is 136 Å². The van der Waals surface area contributed by atoms with Crippen molar-refractivity contribution in [2.24, 2.45) is 17.3 Å². The number of aliphatic hydroxyl groups excluding tert-OH is 1. The molecular formula is C20H34O2. The molecule has 0 radical (unpaired) electrons. The van der Waals surface area contributed by atoms with Gasteiger partial charge < -0.3 is 10.2 Å². The number of hydrogen-bond donors (Lipinski definition) is 2. The lowest BCUT2D eigenvalue weighted by molar-refractivity contribution is -0.0599. The molecule has 0 saturated heterocycles. The van der Waals surface area contributed by atoms with Gasteiger partial charge in [0.05, 0.1) is 11.7 Å². The lowest BCUT2D eigenvalue weighted by Crippen LogP contribution is -2.43. The second-order valence-electron chi connectivity index (χ2n) is 8.35. The van der Waals surface area contributed by atoms with Crippen LogP contribution in [0.4, 0.5) is 0 Å². The summed E-state index contributed by atoms with van der Waals surface area (Å²) in [6, 6.07) is 0. The summed E-state index contributed by atoms with van der Waals surface area (Å²) in [5, 5.41) is 21.6. The third kappa shape index (κ3) is 3.33. The standard InChI is InChI=1S/C20H34O2/c1-14(2)20(22)13-12-19(5)11-10-15(3)6-8-17(21)16(4)7-9-18(19)20/h7,10,14,17-18,21-22H,6,8-9,11-13H2,1-5H3/b15-10+,16-7-/t17-,18+,19-,20+/m0/s1. The molecule has 0 aromatic carbocycles. The van der Waals surface area contributed by atoms with Crippen LogP contribution in [0.25, 0.3) is 0 Å². The predicted octanol–water partition coefficient (Wildman–Crippen LogP) is 4.62. The molecule has 0 aromatic heterocycles. The Morgan fingerprint density at radius 2 is 1.86 bits per heavy atom. The van der Waals surface area contributed by atoms with Gasteiger partial charge in [-0.15, -0.1) is 0 Å². The van der Waals surface area contributed by atoms with E-state index in [0.29, 0.717) is 0 Å². The van der Waals surface area contributed by atoms with E-state index >= 15 is 0 Å². The van der Waals surface area contributed by atoms with Crippen molar-refractivity contribution in [2.75, 3.05) is 0 Å². The molecule has 2 heteroatoms. The summed E-state index contributed by atoms with van der Waals surface area (Å²) in [7, 11) is 0. The van der Waals surface area contributed by atoms with Gasteiger partial charge in [0.2, 0.25) is 0 Å². The fraction of sp³-hybridized carbons (Fsp3) is 0.800. The molecule has 2 aliphatic carbocycles. The second kappa shape index (κ2) is 6.49. The molecule has 1 saturated carbocycles. The minimum absolute atomic E-state index is 0.159. The van der Waals surface area contributed by atoms with Crippen LogP contribution in [0, 0.1) is 17.3 Å². The molecule has 0 aliphatic heterocycles. The molecule has 4 atom stereocenters. The fourth-order valence-electron chi connectivity index (χ4n) is 4.40. The highest BCUT2D eigenvalue weighted by Gasteiger charge is 2.53. The van der Waals surface area contributed by atoms with Crippen LogP contribution in [0.2, 0.25) is 0 Å². The van der Waals surface area contributed by atoms with E-state index in [1.54, 1.807) is 0 Å². The van der Waals surface area contributed by atoms with Crippen LogP contribution in [0.5, 0.6) is 0 Å². The predicted molar refractivity (Wildman–Crippen MR) is 92.6 cm³/mol. The first-order valence-corrected chi connectivity index (χ1v) is 8.92. The third-order valence-corrected chi connectivity index (χ3v) is 6.47. The van der Waals surface area contributed by atoms with Crippen LogP contribution < -0.4 is 0 Å². The Balaban J connectivity index is 2.39. The monoisotopic (exact) mass is 306 g/mol. The molecule has 2 nitrogen and oxygen atoms in total. The molecule has 22 heavy (non-hydrogen) atoms. The van der Waals surface area contributed by atoms with Gasteiger partial charge in [0.15, 0.2) is 0 Å². The zero-order valence-corrected chi connectivity index (χ0v) is 15.0. The summed E-state index contributed by atoms with van der Waals surface area (Å²) in [6.45, 7) is 10.8. The molecule has 2 N–H and O–H groups in total. The van der Waals surface area contributed by atoms with Crippen molar-refractivity contribution >= 4 is 0 Å². The van der Waals surface area contributed by atoms with Crippen molar-refractivity contribution in [3.05, 3.63) is 23.3 Å². The number of aliphatic hydroxyl groups is 2. The zero-order chi connectivity index (χ0) is 16.5. The molecule has 0 heterocycles. The Morgan fingerprint density at radius 3 is 2.50 bits per heavy atom. The number of hydrogen-bond acceptors (Lipinski definition) is 2. The number of allylic oxidation sites excluding steroid dienone is 3. The average molecular weight is 306 g/mol. The summed E-state index contributed by atoms with van der Waals surface area (Å²) >= 11 is 0. The molecule has 0 spiro atoms. The molecule has 0 bridgehead atoms. The van der Waals surface area contributed by atoms with Gasteiger partial charge >= 0.3 is 0 Å². The van der Waals surface area contributed by atoms with Crippen molar-refractivity contribution < 1.29 is 10.2 Å². The molecule has 0 amide bonds. The minimum atomic E-state index is -0.577. The van der Waals surface area contributed by atoms with Gasteiger partial charge in [0, 0.05) is 0 Å². The summed E-state index contributed by atoms with van der Waals surface area (Å²) in [5.41, 5.74) is 2.02. The summed E-state index contributed by atoms with van der Waals surface area (Å²) < 4.78 is 0. The van der Waals surface area contributed by atoms with Crippen molar-refractivity contribution in [2.45, 2.75) is 84.8 Å². The van der Waals surface area contributed by atoms with E-state index in [4.69, 9.17) is 0 Å². The van der Waals surface area contributed by atoms with Crippen molar-refractivity contribution in [1.82, 2.24) is 0 Å². The summed E-state index contributed by atoms with van der Waals surface area (Å²) in [5.74, 6) is 0.539. The van der Waals surface area contributed by atoms with Gasteiger partial charge in [-0.25, -0.2) is 0 Å². The smallest absolute Gasteiger partial charge is 0.0750 e. The van der Waals surface area contributed by atoms with Gasteiger partial charge in [0.25, 0.3) is 0 Å². The molecule has 0 unspecified atom stereocenters. The number of fused-ring (bicyclic) bond motifs is 1. The van der Waals surface area contributed by atoms with E-state index < -0.39 is 5.60 Å². The van der Waals surface area contributed by atoms with Crippen LogP contribution in [0.3, 0.4) is 0 Å². The Hall–Kier alpha value is -0.600. The molecular weight excluding hydrogens is 272 g/mol. The van der Waals surface area contributed by atoms with Crippen LogP contribution in [-0.2, 0) is 0 Å². The Bertz CT molecular complexity index is 462. The van der Waals surface area contributed by atoms with E-state index in [9.17, 15) is 10.2 Å². The Morgan fingerprint density at radius 1 is 1.18 bits per heavy atom. The highest BCUT2D eigenvalue weighted by molar-refractivity contribution is 5.15. The molecule has 2 rings (SSSR count). The average Bonchev–Trinajstić information content (AvgIpc) is 2.72. The maximum Gasteiger partial charge on any atom is 0.0750 e. The summed E-state index contributed by atoms with van der Waals surface area (Å²) in [6.07, 6.45) is 9.87. The first-order chi connectivity index (χ1) is 10.2. The normalized spacial score (nSPS) is 45.5. The van der Waals surface area contributed by atoms with Crippen molar-refractivity contribution in [1.29, 1.82) is 0 Å². The van der Waals surface area contributed by atoms with E-state index in [1.807, 2.05) is 6.92 Å². The van der Waals surface area contributed by atoms with E-state index in [0.717, 1.165) is 44.1 Å². The van der Waals surface area contributed by atoms with Gasteiger partial charge in [-0.1, -0.05) is 38.5 Å². The first kappa shape index (κ1) is 17.7. The second-order valence-corrected chi connectivity index (χ2v) is 8.35. The van der Waals surface area contributed by atoms with E-state index in [1.165, 1.54) is 5.57 Å².